The standard InChI is InChI=1S/C72H112O6/c1-4-7-10-13-16-19-22-25-26-27-28-29-30-31-32-33-34-35-36-37-38-39-40-41-42-43-44-45-46-48-50-53-56-59-62-65-71(74)77-68-69(67-76-70(73)64-61-58-55-52-49-24-21-18-15-12-9-6-3)78-72(75)66-63-60-57-54-51-47-23-20-17-14-11-8-5-2/h7-8,10-11,16-21,25-26,28-29,31-32,34-35,37-38,40-41,43-44,46-48,51,69H,4-6,9,12-15,22-24,27,30,33,36,39,42,45,49-50,52-68H2,1-3H3/b10-7-,11-8-,19-16-,20-17-,21-18-,26-25-,29-28-,32-31-,35-34-,38-37-,41-40-,44-43-,48-46-,51-47-. The van der Waals surface area contributed by atoms with E-state index in [9.17, 15) is 14.4 Å². The lowest BCUT2D eigenvalue weighted by atomic mass is 10.1. The first-order valence-electron chi connectivity index (χ1n) is 31.1. The highest BCUT2D eigenvalue weighted by atomic mass is 16.6. The van der Waals surface area contributed by atoms with Gasteiger partial charge in [-0.25, -0.2) is 0 Å². The Morgan fingerprint density at radius 1 is 0.269 bits per heavy atom. The molecule has 6 heteroatoms. The number of hydrogen-bond donors (Lipinski definition) is 0. The van der Waals surface area contributed by atoms with Crippen molar-refractivity contribution < 1.29 is 28.6 Å². The summed E-state index contributed by atoms with van der Waals surface area (Å²) < 4.78 is 16.8. The number of esters is 3. The van der Waals surface area contributed by atoms with E-state index in [1.54, 1.807) is 0 Å². The molecule has 0 amide bonds. The van der Waals surface area contributed by atoms with Crippen molar-refractivity contribution in [3.63, 3.8) is 0 Å². The van der Waals surface area contributed by atoms with E-state index >= 15 is 0 Å². The summed E-state index contributed by atoms with van der Waals surface area (Å²) in [6.07, 6.45) is 95.1. The largest absolute Gasteiger partial charge is 0.462 e. The Morgan fingerprint density at radius 3 is 0.808 bits per heavy atom. The third-order valence-electron chi connectivity index (χ3n) is 12.4. The molecule has 0 spiro atoms. The van der Waals surface area contributed by atoms with E-state index in [0.717, 1.165) is 173 Å². The van der Waals surface area contributed by atoms with Gasteiger partial charge in [0.15, 0.2) is 6.10 Å². The van der Waals surface area contributed by atoms with Crippen LogP contribution in [0.2, 0.25) is 0 Å². The molecule has 0 saturated heterocycles. The maximum atomic E-state index is 12.8. The number of rotatable bonds is 54. The first-order chi connectivity index (χ1) is 38.5. The van der Waals surface area contributed by atoms with Crippen molar-refractivity contribution in [2.75, 3.05) is 13.2 Å². The Hall–Kier alpha value is -5.23. The molecule has 6 nitrogen and oxygen atoms in total. The first-order valence-corrected chi connectivity index (χ1v) is 31.1. The van der Waals surface area contributed by atoms with Crippen LogP contribution in [0, 0.1) is 0 Å². The zero-order valence-corrected chi connectivity index (χ0v) is 49.9. The highest BCUT2D eigenvalue weighted by Crippen LogP contribution is 2.13. The quantitative estimate of drug-likeness (QED) is 0.0261. The lowest BCUT2D eigenvalue weighted by Crippen LogP contribution is -2.30. The fourth-order valence-electron chi connectivity index (χ4n) is 7.83. The molecule has 0 N–H and O–H groups in total. The van der Waals surface area contributed by atoms with Crippen molar-refractivity contribution in [2.24, 2.45) is 0 Å². The fourth-order valence-corrected chi connectivity index (χ4v) is 7.83. The molecule has 0 aliphatic carbocycles. The normalized spacial score (nSPS) is 13.3. The molecule has 0 fully saturated rings. The molecule has 0 aromatic rings. The topological polar surface area (TPSA) is 78.9 Å². The number of allylic oxidation sites excluding steroid dienone is 28. The van der Waals surface area contributed by atoms with Crippen LogP contribution in [-0.2, 0) is 28.6 Å². The van der Waals surface area contributed by atoms with Crippen LogP contribution in [0.1, 0.15) is 245 Å². The van der Waals surface area contributed by atoms with Crippen LogP contribution in [-0.4, -0.2) is 37.2 Å². The summed E-state index contributed by atoms with van der Waals surface area (Å²) >= 11 is 0. The van der Waals surface area contributed by atoms with Gasteiger partial charge >= 0.3 is 17.9 Å². The van der Waals surface area contributed by atoms with Gasteiger partial charge in [-0.3, -0.25) is 14.4 Å². The molecule has 0 heterocycles. The summed E-state index contributed by atoms with van der Waals surface area (Å²) in [5, 5.41) is 0. The minimum Gasteiger partial charge on any atom is -0.462 e. The summed E-state index contributed by atoms with van der Waals surface area (Å²) in [4.78, 5) is 38.1. The van der Waals surface area contributed by atoms with Gasteiger partial charge in [0.25, 0.3) is 0 Å². The third-order valence-corrected chi connectivity index (χ3v) is 12.4. The van der Waals surface area contributed by atoms with Crippen LogP contribution in [0.3, 0.4) is 0 Å². The average molecular weight is 1070 g/mol. The highest BCUT2D eigenvalue weighted by Gasteiger charge is 2.19. The van der Waals surface area contributed by atoms with Crippen LogP contribution >= 0.6 is 0 Å². The van der Waals surface area contributed by atoms with Crippen molar-refractivity contribution in [3.8, 4) is 0 Å². The average Bonchev–Trinajstić information content (AvgIpc) is 3.44. The van der Waals surface area contributed by atoms with Gasteiger partial charge < -0.3 is 14.2 Å². The lowest BCUT2D eigenvalue weighted by Gasteiger charge is -2.18. The van der Waals surface area contributed by atoms with Crippen molar-refractivity contribution in [3.05, 3.63) is 170 Å². The Morgan fingerprint density at radius 2 is 0.500 bits per heavy atom. The van der Waals surface area contributed by atoms with Crippen LogP contribution in [0.5, 0.6) is 0 Å². The van der Waals surface area contributed by atoms with Crippen LogP contribution in [0.4, 0.5) is 0 Å². The zero-order chi connectivity index (χ0) is 56.4. The van der Waals surface area contributed by atoms with Gasteiger partial charge in [-0.05, 0) is 154 Å². The predicted molar refractivity (Wildman–Crippen MR) is 338 cm³/mol. The van der Waals surface area contributed by atoms with E-state index in [4.69, 9.17) is 14.2 Å². The summed E-state index contributed by atoms with van der Waals surface area (Å²) in [5.74, 6) is -0.983. The van der Waals surface area contributed by atoms with E-state index in [1.165, 1.54) is 32.1 Å². The second-order valence-corrected chi connectivity index (χ2v) is 19.8. The van der Waals surface area contributed by atoms with Crippen molar-refractivity contribution in [1.82, 2.24) is 0 Å². The van der Waals surface area contributed by atoms with Crippen LogP contribution in [0.25, 0.3) is 0 Å². The second kappa shape index (κ2) is 64.3. The van der Waals surface area contributed by atoms with Gasteiger partial charge in [-0.2, -0.15) is 0 Å². The van der Waals surface area contributed by atoms with Crippen LogP contribution < -0.4 is 0 Å². The number of carbonyl (C=O) groups excluding carboxylic acids is 3. The molecule has 0 saturated carbocycles. The monoisotopic (exact) mass is 1070 g/mol. The molecule has 0 aliphatic heterocycles. The van der Waals surface area contributed by atoms with Gasteiger partial charge in [-0.15, -0.1) is 0 Å². The van der Waals surface area contributed by atoms with Crippen LogP contribution in [0.15, 0.2) is 170 Å². The van der Waals surface area contributed by atoms with Gasteiger partial charge in [-0.1, -0.05) is 242 Å². The number of carbonyl (C=O) groups is 3. The Balaban J connectivity index is 4.32. The molecule has 0 bridgehead atoms. The van der Waals surface area contributed by atoms with E-state index < -0.39 is 6.10 Å². The molecule has 1 atom stereocenters. The van der Waals surface area contributed by atoms with E-state index in [1.807, 2.05) is 0 Å². The highest BCUT2D eigenvalue weighted by molar-refractivity contribution is 5.71. The van der Waals surface area contributed by atoms with Gasteiger partial charge in [0, 0.05) is 19.3 Å². The summed E-state index contributed by atoms with van der Waals surface area (Å²) in [5.41, 5.74) is 0. The molecule has 1 unspecified atom stereocenters. The van der Waals surface area contributed by atoms with Crippen molar-refractivity contribution >= 4 is 17.9 Å². The molecule has 0 rings (SSSR count). The Labute approximate surface area is 479 Å². The molecular formula is C72H112O6. The van der Waals surface area contributed by atoms with Gasteiger partial charge in [0.2, 0.25) is 0 Å². The summed E-state index contributed by atoms with van der Waals surface area (Å²) in [7, 11) is 0. The van der Waals surface area contributed by atoms with Gasteiger partial charge in [0.05, 0.1) is 0 Å². The minimum absolute atomic E-state index is 0.109. The van der Waals surface area contributed by atoms with E-state index in [2.05, 4.69) is 191 Å². The van der Waals surface area contributed by atoms with Crippen molar-refractivity contribution in [2.45, 2.75) is 252 Å². The molecule has 436 valence electrons. The second-order valence-electron chi connectivity index (χ2n) is 19.8. The first kappa shape index (κ1) is 72.8. The van der Waals surface area contributed by atoms with Gasteiger partial charge in [0.1, 0.15) is 13.2 Å². The summed E-state index contributed by atoms with van der Waals surface area (Å²) in [6, 6.07) is 0. The van der Waals surface area contributed by atoms with Crippen molar-refractivity contribution in [1.29, 1.82) is 0 Å². The fraction of sp³-hybridized carbons (Fsp3) is 0.569. The van der Waals surface area contributed by atoms with E-state index in [-0.39, 0.29) is 37.5 Å². The number of unbranched alkanes of at least 4 members (excludes halogenated alkanes) is 15. The molecule has 0 radical (unpaired) electrons. The molecule has 0 aromatic heterocycles. The molecular weight excluding hydrogens is 961 g/mol. The SMILES string of the molecule is CC/C=C\C/C=C\C/C=C\C/C=C\C/C=C\C/C=C\C/C=C\C/C=C\C/C=C\C/C=C\CCCCCCC(=O)OCC(COC(=O)CCCCCCC/C=C\CCCCC)OC(=O)CCCCC/C=C\C/C=C\C/C=C\CC. The summed E-state index contributed by atoms with van der Waals surface area (Å²) in [6.45, 7) is 6.31. The number of hydrogen-bond acceptors (Lipinski definition) is 6. The maximum absolute atomic E-state index is 12.8. The Bertz CT molecular complexity index is 1810. The predicted octanol–water partition coefficient (Wildman–Crippen LogP) is 21.5. The van der Waals surface area contributed by atoms with E-state index in [0.29, 0.717) is 12.8 Å². The molecule has 0 aliphatic rings. The third kappa shape index (κ3) is 61.6. The lowest BCUT2D eigenvalue weighted by molar-refractivity contribution is -0.167. The smallest absolute Gasteiger partial charge is 0.306 e. The maximum Gasteiger partial charge on any atom is 0.306 e. The molecule has 0 aromatic carbocycles. The minimum atomic E-state index is -0.815. The molecule has 78 heavy (non-hydrogen) atoms. The number of ether oxygens (including phenoxy) is 3. The zero-order valence-electron chi connectivity index (χ0n) is 49.9. The Kier molecular flexibility index (Phi) is 60.0.